The van der Waals surface area contributed by atoms with E-state index in [4.69, 9.17) is 9.16 Å². The summed E-state index contributed by atoms with van der Waals surface area (Å²) in [5, 5.41) is 0. The minimum Gasteiger partial charge on any atom is -0.466 e. The Kier molecular flexibility index (Phi) is 9.35. The third kappa shape index (κ3) is 5.80. The SMILES string of the molecule is CCOC(=O)C1(Cc2ccc(F)c(Br)c2)CCC(O[Si](C(C)C)(C(C)C)C(C)C)CC1. The van der Waals surface area contributed by atoms with Crippen LogP contribution in [0, 0.1) is 11.2 Å². The van der Waals surface area contributed by atoms with Crippen molar-refractivity contribution in [2.24, 2.45) is 5.41 Å². The minimum atomic E-state index is -1.96. The molecule has 0 atom stereocenters. The predicted molar refractivity (Wildman–Crippen MR) is 131 cm³/mol. The monoisotopic (exact) mass is 514 g/mol. The minimum absolute atomic E-state index is 0.131. The van der Waals surface area contributed by atoms with Crippen molar-refractivity contribution in [3.8, 4) is 0 Å². The number of halogens is 2. The van der Waals surface area contributed by atoms with E-state index in [2.05, 4.69) is 57.5 Å². The average molecular weight is 516 g/mol. The maximum atomic E-state index is 13.7. The molecule has 0 aromatic heterocycles. The summed E-state index contributed by atoms with van der Waals surface area (Å²) in [5.41, 5.74) is 2.02. The Balaban J connectivity index is 2.22. The van der Waals surface area contributed by atoms with Crippen LogP contribution in [0.25, 0.3) is 0 Å². The zero-order valence-corrected chi connectivity index (χ0v) is 22.9. The first-order valence-electron chi connectivity index (χ1n) is 11.8. The van der Waals surface area contributed by atoms with Gasteiger partial charge in [0.2, 0.25) is 8.32 Å². The molecule has 1 aromatic rings. The summed E-state index contributed by atoms with van der Waals surface area (Å²) in [6.45, 7) is 16.1. The van der Waals surface area contributed by atoms with Gasteiger partial charge >= 0.3 is 5.97 Å². The lowest BCUT2D eigenvalue weighted by atomic mass is 9.69. The molecule has 0 spiro atoms. The van der Waals surface area contributed by atoms with Crippen LogP contribution in [0.1, 0.15) is 79.7 Å². The van der Waals surface area contributed by atoms with Gasteiger partial charge in [-0.3, -0.25) is 4.79 Å². The van der Waals surface area contributed by atoms with Crippen molar-refractivity contribution >= 4 is 30.2 Å². The van der Waals surface area contributed by atoms with Crippen molar-refractivity contribution in [1.82, 2.24) is 0 Å². The van der Waals surface area contributed by atoms with Crippen molar-refractivity contribution < 1.29 is 18.3 Å². The molecule has 1 aliphatic carbocycles. The van der Waals surface area contributed by atoms with Gasteiger partial charge < -0.3 is 9.16 Å². The Morgan fingerprint density at radius 2 is 1.68 bits per heavy atom. The van der Waals surface area contributed by atoms with E-state index in [0.717, 1.165) is 31.2 Å². The lowest BCUT2D eigenvalue weighted by molar-refractivity contribution is -0.158. The topological polar surface area (TPSA) is 35.5 Å². The fraction of sp³-hybridized carbons (Fsp3) is 0.720. The van der Waals surface area contributed by atoms with E-state index in [1.165, 1.54) is 6.07 Å². The van der Waals surface area contributed by atoms with Crippen LogP contribution in [0.5, 0.6) is 0 Å². The molecule has 176 valence electrons. The number of carbonyl (C=O) groups excluding carboxylic acids is 1. The van der Waals surface area contributed by atoms with Gasteiger partial charge in [0.25, 0.3) is 0 Å². The van der Waals surface area contributed by atoms with E-state index in [9.17, 15) is 9.18 Å². The second-order valence-corrected chi connectivity index (χ2v) is 16.3. The van der Waals surface area contributed by atoms with Gasteiger partial charge in [-0.1, -0.05) is 47.6 Å². The summed E-state index contributed by atoms with van der Waals surface area (Å²) in [6.07, 6.45) is 3.97. The fourth-order valence-corrected chi connectivity index (χ4v) is 11.8. The molecule has 1 fully saturated rings. The highest BCUT2D eigenvalue weighted by atomic mass is 79.9. The Morgan fingerprint density at radius 3 is 2.13 bits per heavy atom. The Bertz CT molecular complexity index is 721. The van der Waals surface area contributed by atoms with Gasteiger partial charge in [-0.25, -0.2) is 4.39 Å². The molecule has 6 heteroatoms. The van der Waals surface area contributed by atoms with E-state index >= 15 is 0 Å². The lowest BCUT2D eigenvalue weighted by Gasteiger charge is -2.47. The normalized spacial score (nSPS) is 22.4. The van der Waals surface area contributed by atoms with E-state index in [1.807, 2.05) is 6.92 Å². The first-order chi connectivity index (χ1) is 14.5. The van der Waals surface area contributed by atoms with Crippen molar-refractivity contribution in [2.45, 2.75) is 103 Å². The third-order valence-corrected chi connectivity index (χ3v) is 14.0. The quantitative estimate of drug-likeness (QED) is 0.249. The van der Waals surface area contributed by atoms with Crippen LogP contribution in [0.4, 0.5) is 4.39 Å². The number of hydrogen-bond donors (Lipinski definition) is 0. The molecule has 0 heterocycles. The van der Waals surface area contributed by atoms with Crippen LogP contribution in [-0.2, 0) is 20.4 Å². The highest BCUT2D eigenvalue weighted by Crippen LogP contribution is 2.47. The molecule has 0 N–H and O–H groups in total. The lowest BCUT2D eigenvalue weighted by Crippen LogP contribution is -2.51. The van der Waals surface area contributed by atoms with Crippen molar-refractivity contribution in [2.75, 3.05) is 6.61 Å². The summed E-state index contributed by atoms with van der Waals surface area (Å²) in [7, 11) is -1.96. The largest absolute Gasteiger partial charge is 0.466 e. The van der Waals surface area contributed by atoms with Crippen molar-refractivity contribution in [3.05, 3.63) is 34.1 Å². The number of carbonyl (C=O) groups is 1. The van der Waals surface area contributed by atoms with Crippen LogP contribution in [0.2, 0.25) is 16.6 Å². The zero-order chi connectivity index (χ0) is 23.4. The standard InChI is InChI=1S/C25H40BrFO3Si/c1-8-29-24(28)25(16-20-9-10-23(27)22(26)15-20)13-11-21(12-14-25)30-31(17(2)3,18(4)5)19(6)7/h9-10,15,17-19,21H,8,11-14,16H2,1-7H3. The molecule has 0 saturated heterocycles. The van der Waals surface area contributed by atoms with E-state index in [1.54, 1.807) is 12.1 Å². The Hall–Kier alpha value is -0.723. The second kappa shape index (κ2) is 10.9. The highest BCUT2D eigenvalue weighted by molar-refractivity contribution is 9.10. The van der Waals surface area contributed by atoms with Crippen molar-refractivity contribution in [3.63, 3.8) is 0 Å². The Morgan fingerprint density at radius 1 is 1.13 bits per heavy atom. The number of esters is 1. The Labute approximate surface area is 197 Å². The number of rotatable bonds is 9. The summed E-state index contributed by atoms with van der Waals surface area (Å²) < 4.78 is 26.7. The molecule has 0 aliphatic heterocycles. The second-order valence-electron chi connectivity index (χ2n) is 10.1. The van der Waals surface area contributed by atoms with E-state index in [0.29, 0.717) is 34.1 Å². The molecule has 0 unspecified atom stereocenters. The third-order valence-electron chi connectivity index (χ3n) is 7.20. The summed E-state index contributed by atoms with van der Waals surface area (Å²) in [6, 6.07) is 5.02. The van der Waals surface area contributed by atoms with E-state index < -0.39 is 13.7 Å². The molecule has 3 nitrogen and oxygen atoms in total. The van der Waals surface area contributed by atoms with Gasteiger partial charge in [0.05, 0.1) is 16.5 Å². The molecule has 1 aliphatic rings. The van der Waals surface area contributed by atoms with Gasteiger partial charge in [0.15, 0.2) is 0 Å². The molecular weight excluding hydrogens is 475 g/mol. The zero-order valence-electron chi connectivity index (χ0n) is 20.3. The maximum absolute atomic E-state index is 13.7. The molecular formula is C25H40BrFO3Si. The highest BCUT2D eigenvalue weighted by Gasteiger charge is 2.49. The summed E-state index contributed by atoms with van der Waals surface area (Å²) in [5.74, 6) is -0.419. The van der Waals surface area contributed by atoms with Gasteiger partial charge in [-0.05, 0) is 89.3 Å². The van der Waals surface area contributed by atoms with Crippen LogP contribution in [0.15, 0.2) is 22.7 Å². The molecule has 1 saturated carbocycles. The molecule has 1 aromatic carbocycles. The maximum Gasteiger partial charge on any atom is 0.312 e. The first kappa shape index (κ1) is 26.5. The predicted octanol–water partition coefficient (Wildman–Crippen LogP) is 7.81. The van der Waals surface area contributed by atoms with Crippen LogP contribution in [-0.4, -0.2) is 27.0 Å². The van der Waals surface area contributed by atoms with E-state index in [-0.39, 0.29) is 17.9 Å². The van der Waals surface area contributed by atoms with Gasteiger partial charge in [0.1, 0.15) is 5.82 Å². The summed E-state index contributed by atoms with van der Waals surface area (Å²) in [4.78, 5) is 13.1. The smallest absolute Gasteiger partial charge is 0.312 e. The number of hydrogen-bond acceptors (Lipinski definition) is 3. The average Bonchev–Trinajstić information content (AvgIpc) is 2.69. The van der Waals surface area contributed by atoms with Crippen LogP contribution < -0.4 is 0 Å². The first-order valence-corrected chi connectivity index (χ1v) is 14.7. The summed E-state index contributed by atoms with van der Waals surface area (Å²) >= 11 is 3.27. The van der Waals surface area contributed by atoms with Crippen LogP contribution in [0.3, 0.4) is 0 Å². The van der Waals surface area contributed by atoms with Crippen molar-refractivity contribution in [1.29, 1.82) is 0 Å². The van der Waals surface area contributed by atoms with Gasteiger partial charge in [0, 0.05) is 6.10 Å². The van der Waals surface area contributed by atoms with Crippen LogP contribution >= 0.6 is 15.9 Å². The number of ether oxygens (including phenoxy) is 1. The van der Waals surface area contributed by atoms with Gasteiger partial charge in [-0.2, -0.15) is 0 Å². The molecule has 0 amide bonds. The number of benzene rings is 1. The molecule has 0 radical (unpaired) electrons. The molecule has 2 rings (SSSR count). The fourth-order valence-electron chi connectivity index (χ4n) is 5.74. The van der Waals surface area contributed by atoms with Gasteiger partial charge in [-0.15, -0.1) is 0 Å². The molecule has 31 heavy (non-hydrogen) atoms. The molecule has 0 bridgehead atoms.